The standard InChI is InChI=1S/C16H17FN2O/c1-20-13-6-7-14-11(9-13)3-2-4-15(14)19-12-5-8-16(17)18-10-12/h5-10,15,19H,2-4H2,1H3. The van der Waals surface area contributed by atoms with Crippen molar-refractivity contribution >= 4 is 5.69 Å². The maximum atomic E-state index is 12.8. The molecule has 2 aromatic rings. The highest BCUT2D eigenvalue weighted by Crippen LogP contribution is 2.34. The number of nitrogens with zero attached hydrogens (tertiary/aromatic N) is 1. The number of halogens is 1. The number of rotatable bonds is 3. The van der Waals surface area contributed by atoms with Gasteiger partial charge in [0.1, 0.15) is 5.75 Å². The maximum absolute atomic E-state index is 12.8. The molecular weight excluding hydrogens is 255 g/mol. The summed E-state index contributed by atoms with van der Waals surface area (Å²) in [5.74, 6) is 0.442. The first-order valence-corrected chi connectivity index (χ1v) is 6.81. The molecule has 4 heteroatoms. The number of aromatic nitrogens is 1. The summed E-state index contributed by atoms with van der Waals surface area (Å²) in [6.45, 7) is 0. The zero-order valence-electron chi connectivity index (χ0n) is 11.4. The summed E-state index contributed by atoms with van der Waals surface area (Å²) >= 11 is 0. The lowest BCUT2D eigenvalue weighted by atomic mass is 9.87. The zero-order valence-corrected chi connectivity index (χ0v) is 11.4. The molecule has 0 saturated heterocycles. The van der Waals surface area contributed by atoms with Gasteiger partial charge in [-0.25, -0.2) is 4.98 Å². The molecule has 0 fully saturated rings. The van der Waals surface area contributed by atoms with E-state index in [2.05, 4.69) is 22.4 Å². The Morgan fingerprint density at radius 1 is 1.30 bits per heavy atom. The fourth-order valence-electron chi connectivity index (χ4n) is 2.73. The van der Waals surface area contributed by atoms with Crippen molar-refractivity contribution in [2.24, 2.45) is 0 Å². The van der Waals surface area contributed by atoms with Gasteiger partial charge in [0, 0.05) is 0 Å². The number of hydrogen-bond donors (Lipinski definition) is 1. The molecule has 20 heavy (non-hydrogen) atoms. The van der Waals surface area contributed by atoms with Crippen LogP contribution in [0.1, 0.15) is 30.0 Å². The molecule has 1 atom stereocenters. The zero-order chi connectivity index (χ0) is 13.9. The lowest BCUT2D eigenvalue weighted by molar-refractivity contribution is 0.413. The smallest absolute Gasteiger partial charge is 0.212 e. The predicted molar refractivity (Wildman–Crippen MR) is 76.5 cm³/mol. The van der Waals surface area contributed by atoms with Gasteiger partial charge in [0.2, 0.25) is 5.95 Å². The van der Waals surface area contributed by atoms with Crippen LogP contribution in [0.5, 0.6) is 5.75 Å². The summed E-state index contributed by atoms with van der Waals surface area (Å²) in [6.07, 6.45) is 4.81. The second-order valence-electron chi connectivity index (χ2n) is 5.02. The molecule has 0 spiro atoms. The summed E-state index contributed by atoms with van der Waals surface area (Å²) in [7, 11) is 1.68. The highest BCUT2D eigenvalue weighted by molar-refractivity contribution is 5.47. The summed E-state index contributed by atoms with van der Waals surface area (Å²) < 4.78 is 18.1. The Labute approximate surface area is 117 Å². The minimum atomic E-state index is -0.454. The second kappa shape index (κ2) is 5.49. The highest BCUT2D eigenvalue weighted by atomic mass is 19.1. The fraction of sp³-hybridized carbons (Fsp3) is 0.312. The summed E-state index contributed by atoms with van der Waals surface area (Å²) in [4.78, 5) is 3.68. The minimum Gasteiger partial charge on any atom is -0.497 e. The molecular formula is C16H17FN2O. The first kappa shape index (κ1) is 12.9. The largest absolute Gasteiger partial charge is 0.497 e. The van der Waals surface area contributed by atoms with E-state index in [0.717, 1.165) is 30.7 Å². The Balaban J connectivity index is 1.84. The monoisotopic (exact) mass is 272 g/mol. The van der Waals surface area contributed by atoms with Crippen LogP contribution >= 0.6 is 0 Å². The van der Waals surface area contributed by atoms with Crippen LogP contribution in [0.25, 0.3) is 0 Å². The molecule has 1 aromatic heterocycles. The van der Waals surface area contributed by atoms with Gasteiger partial charge in [-0.05, 0) is 54.7 Å². The van der Waals surface area contributed by atoms with Gasteiger partial charge in [-0.3, -0.25) is 0 Å². The number of hydrogen-bond acceptors (Lipinski definition) is 3. The van der Waals surface area contributed by atoms with Crippen LogP contribution in [-0.4, -0.2) is 12.1 Å². The maximum Gasteiger partial charge on any atom is 0.212 e. The number of methoxy groups -OCH3 is 1. The number of aryl methyl sites for hydroxylation is 1. The Morgan fingerprint density at radius 2 is 2.20 bits per heavy atom. The topological polar surface area (TPSA) is 34.1 Å². The SMILES string of the molecule is COc1ccc2c(c1)CCCC2Nc1ccc(F)nc1. The normalized spacial score (nSPS) is 17.4. The number of nitrogens with one attached hydrogen (secondary N) is 1. The Bertz CT molecular complexity index is 598. The second-order valence-corrected chi connectivity index (χ2v) is 5.02. The van der Waals surface area contributed by atoms with Gasteiger partial charge in [-0.2, -0.15) is 4.39 Å². The van der Waals surface area contributed by atoms with Crippen LogP contribution in [0.3, 0.4) is 0 Å². The molecule has 1 aromatic carbocycles. The van der Waals surface area contributed by atoms with Crippen molar-refractivity contribution in [3.05, 3.63) is 53.6 Å². The molecule has 0 aliphatic heterocycles. The van der Waals surface area contributed by atoms with E-state index in [-0.39, 0.29) is 6.04 Å². The Hall–Kier alpha value is -2.10. The highest BCUT2D eigenvalue weighted by Gasteiger charge is 2.20. The minimum absolute atomic E-state index is 0.247. The summed E-state index contributed by atoms with van der Waals surface area (Å²) in [5, 5.41) is 3.43. The van der Waals surface area contributed by atoms with E-state index in [1.54, 1.807) is 13.2 Å². The Morgan fingerprint density at radius 3 is 2.95 bits per heavy atom. The van der Waals surface area contributed by atoms with E-state index in [1.807, 2.05) is 6.07 Å². The van der Waals surface area contributed by atoms with Crippen molar-refractivity contribution < 1.29 is 9.13 Å². The van der Waals surface area contributed by atoms with E-state index in [1.165, 1.54) is 23.4 Å². The molecule has 0 radical (unpaired) electrons. The Kier molecular flexibility index (Phi) is 3.54. The molecule has 104 valence electrons. The molecule has 1 N–H and O–H groups in total. The first-order chi connectivity index (χ1) is 9.76. The van der Waals surface area contributed by atoms with Gasteiger partial charge in [-0.15, -0.1) is 0 Å². The molecule has 0 saturated carbocycles. The van der Waals surface area contributed by atoms with Crippen LogP contribution in [0.15, 0.2) is 36.5 Å². The van der Waals surface area contributed by atoms with E-state index < -0.39 is 5.95 Å². The van der Waals surface area contributed by atoms with Crippen LogP contribution in [0, 0.1) is 5.95 Å². The van der Waals surface area contributed by atoms with Crippen LogP contribution in [-0.2, 0) is 6.42 Å². The molecule has 0 amide bonds. The number of pyridine rings is 1. The van der Waals surface area contributed by atoms with E-state index in [9.17, 15) is 4.39 Å². The number of fused-ring (bicyclic) bond motifs is 1. The van der Waals surface area contributed by atoms with Crippen LogP contribution < -0.4 is 10.1 Å². The third-order valence-electron chi connectivity index (χ3n) is 3.73. The molecule has 3 rings (SSSR count). The van der Waals surface area contributed by atoms with Crippen molar-refractivity contribution in [3.63, 3.8) is 0 Å². The lowest BCUT2D eigenvalue weighted by Gasteiger charge is -2.27. The van der Waals surface area contributed by atoms with Gasteiger partial charge in [-0.1, -0.05) is 6.07 Å². The quantitative estimate of drug-likeness (QED) is 0.865. The molecule has 1 unspecified atom stereocenters. The van der Waals surface area contributed by atoms with Crippen molar-refractivity contribution in [1.82, 2.24) is 4.98 Å². The van der Waals surface area contributed by atoms with Gasteiger partial charge in [0.25, 0.3) is 0 Å². The molecule has 1 aliphatic rings. The summed E-state index contributed by atoms with van der Waals surface area (Å²) in [5.41, 5.74) is 3.46. The third kappa shape index (κ3) is 2.59. The number of benzene rings is 1. The predicted octanol–water partition coefficient (Wildman–Crippen LogP) is 3.72. The first-order valence-electron chi connectivity index (χ1n) is 6.81. The van der Waals surface area contributed by atoms with Crippen molar-refractivity contribution in [2.75, 3.05) is 12.4 Å². The van der Waals surface area contributed by atoms with Crippen molar-refractivity contribution in [1.29, 1.82) is 0 Å². The molecule has 0 bridgehead atoms. The molecule has 3 nitrogen and oxygen atoms in total. The average molecular weight is 272 g/mol. The number of ether oxygens (including phenoxy) is 1. The third-order valence-corrected chi connectivity index (χ3v) is 3.73. The van der Waals surface area contributed by atoms with E-state index >= 15 is 0 Å². The van der Waals surface area contributed by atoms with Gasteiger partial charge in [0.05, 0.1) is 25.0 Å². The van der Waals surface area contributed by atoms with Gasteiger partial charge < -0.3 is 10.1 Å². The van der Waals surface area contributed by atoms with E-state index in [4.69, 9.17) is 4.74 Å². The van der Waals surface area contributed by atoms with Crippen LogP contribution in [0.4, 0.5) is 10.1 Å². The van der Waals surface area contributed by atoms with Gasteiger partial charge in [0.15, 0.2) is 0 Å². The fourth-order valence-corrected chi connectivity index (χ4v) is 2.73. The lowest BCUT2D eigenvalue weighted by Crippen LogP contribution is -2.17. The average Bonchev–Trinajstić information content (AvgIpc) is 2.49. The van der Waals surface area contributed by atoms with E-state index in [0.29, 0.717) is 0 Å². The molecule has 1 aliphatic carbocycles. The van der Waals surface area contributed by atoms with Crippen LogP contribution in [0.2, 0.25) is 0 Å². The number of anilines is 1. The molecule has 1 heterocycles. The van der Waals surface area contributed by atoms with Crippen molar-refractivity contribution in [2.45, 2.75) is 25.3 Å². The van der Waals surface area contributed by atoms with Gasteiger partial charge >= 0.3 is 0 Å². The van der Waals surface area contributed by atoms with Crippen molar-refractivity contribution in [3.8, 4) is 5.75 Å². The summed E-state index contributed by atoms with van der Waals surface area (Å²) in [6, 6.07) is 9.55.